The Morgan fingerprint density at radius 3 is 0.691 bits per heavy atom. The van der Waals surface area contributed by atoms with Crippen molar-refractivity contribution in [3.63, 3.8) is 0 Å². The van der Waals surface area contributed by atoms with Crippen molar-refractivity contribution in [3.8, 4) is 42.7 Å². The van der Waals surface area contributed by atoms with Crippen molar-refractivity contribution in [2.24, 2.45) is 0 Å². The van der Waals surface area contributed by atoms with Gasteiger partial charge in [0, 0.05) is 5.56 Å². The van der Waals surface area contributed by atoms with E-state index in [1.807, 2.05) is 91.0 Å². The Hall–Kier alpha value is -8.19. The van der Waals surface area contributed by atoms with E-state index in [-0.39, 0.29) is 21.7 Å². The van der Waals surface area contributed by atoms with Gasteiger partial charge >= 0.3 is 0 Å². The summed E-state index contributed by atoms with van der Waals surface area (Å²) in [6, 6.07) is 41.7. The SMILES string of the molecule is C#Cc1cc2cc(c1)C(C#N)=Cc1cc(cc(C(C)(C)C)c1)C(C#N)=Cc1cc(cc(C(C)(C)C)c1)C(C#N)=Cc1cc(cc(C(C)(C)C)c1)C(C#N)=Cc1cc(cc(C(C)(C)C)c1)C(C#N)=C2. The van der Waals surface area contributed by atoms with Crippen LogP contribution in [0.1, 0.15) is 167 Å². The van der Waals surface area contributed by atoms with Crippen LogP contribution in [-0.4, -0.2) is 0 Å². The summed E-state index contributed by atoms with van der Waals surface area (Å²) in [5, 5.41) is 54.2. The lowest BCUT2D eigenvalue weighted by Crippen LogP contribution is -2.12. The lowest BCUT2D eigenvalue weighted by Gasteiger charge is -2.22. The number of terminal acetylenes is 1. The molecule has 0 N–H and O–H groups in total. The highest BCUT2D eigenvalue weighted by molar-refractivity contribution is 5.98. The molecule has 0 amide bonds. The summed E-state index contributed by atoms with van der Waals surface area (Å²) in [6.07, 6.45) is 15.2. The van der Waals surface area contributed by atoms with Gasteiger partial charge in [0.05, 0.1) is 58.2 Å². The van der Waals surface area contributed by atoms with Crippen LogP contribution >= 0.6 is 0 Å². The van der Waals surface area contributed by atoms with E-state index < -0.39 is 0 Å². The van der Waals surface area contributed by atoms with Crippen LogP contribution in [0.2, 0.25) is 0 Å². The molecule has 5 aromatic carbocycles. The van der Waals surface area contributed by atoms with Crippen LogP contribution in [0.25, 0.3) is 58.2 Å². The van der Waals surface area contributed by atoms with Gasteiger partial charge in [-0.05, 0) is 197 Å². The molecular weight excluding hydrogens is 827 g/mol. The van der Waals surface area contributed by atoms with E-state index in [4.69, 9.17) is 6.42 Å². The maximum atomic E-state index is 10.9. The molecule has 10 bridgehead atoms. The summed E-state index contributed by atoms with van der Waals surface area (Å²) < 4.78 is 0. The third kappa shape index (κ3) is 11.4. The van der Waals surface area contributed by atoms with Crippen LogP contribution in [0.5, 0.6) is 0 Å². The molecule has 5 heteroatoms. The van der Waals surface area contributed by atoms with E-state index in [0.717, 1.165) is 44.5 Å². The largest absolute Gasteiger partial charge is 0.192 e. The van der Waals surface area contributed by atoms with Gasteiger partial charge < -0.3 is 0 Å². The first-order chi connectivity index (χ1) is 31.8. The zero-order valence-electron chi connectivity index (χ0n) is 41.4. The normalized spacial score (nSPS) is 13.4. The number of rotatable bonds is 0. The van der Waals surface area contributed by atoms with Crippen molar-refractivity contribution in [1.82, 2.24) is 0 Å². The molecule has 5 aromatic rings. The molecule has 0 unspecified atom stereocenters. The van der Waals surface area contributed by atoms with Gasteiger partial charge in [0.25, 0.3) is 0 Å². The molecule has 0 saturated heterocycles. The van der Waals surface area contributed by atoms with Gasteiger partial charge in [0.15, 0.2) is 0 Å². The molecule has 0 heterocycles. The Morgan fingerprint density at radius 2 is 0.500 bits per heavy atom. The summed E-state index contributed by atoms with van der Waals surface area (Å²) >= 11 is 0. The zero-order chi connectivity index (χ0) is 49.9. The highest BCUT2D eigenvalue weighted by Crippen LogP contribution is 2.36. The van der Waals surface area contributed by atoms with E-state index in [1.54, 1.807) is 12.1 Å². The fourth-order valence-corrected chi connectivity index (χ4v) is 8.00. The number of benzene rings is 5. The molecule has 1 aliphatic carbocycles. The van der Waals surface area contributed by atoms with Gasteiger partial charge in [0.2, 0.25) is 0 Å². The van der Waals surface area contributed by atoms with Gasteiger partial charge in [-0.3, -0.25) is 0 Å². The van der Waals surface area contributed by atoms with E-state index >= 15 is 0 Å². The molecule has 1 aliphatic rings. The maximum absolute atomic E-state index is 10.9. The van der Waals surface area contributed by atoms with Gasteiger partial charge in [0.1, 0.15) is 0 Å². The molecule has 334 valence electrons. The number of nitrogens with zero attached hydrogens (tertiary/aromatic N) is 5. The monoisotopic (exact) mass is 883 g/mol. The average Bonchev–Trinajstić information content (AvgIpc) is 3.28. The summed E-state index contributed by atoms with van der Waals surface area (Å²) in [4.78, 5) is 0. The Bertz CT molecular complexity index is 3280. The third-order valence-electron chi connectivity index (χ3n) is 12.1. The van der Waals surface area contributed by atoms with Crippen LogP contribution in [0.3, 0.4) is 0 Å². The van der Waals surface area contributed by atoms with E-state index in [2.05, 4.69) is 138 Å². The van der Waals surface area contributed by atoms with Crippen molar-refractivity contribution in [2.75, 3.05) is 0 Å². The second-order valence-corrected chi connectivity index (χ2v) is 21.7. The molecule has 0 saturated carbocycles. The van der Waals surface area contributed by atoms with Crippen LogP contribution < -0.4 is 0 Å². The van der Waals surface area contributed by atoms with Gasteiger partial charge in [-0.2, -0.15) is 26.3 Å². The van der Waals surface area contributed by atoms with Gasteiger partial charge in [-0.25, -0.2) is 0 Å². The smallest absolute Gasteiger partial charge is 0.0998 e. The minimum Gasteiger partial charge on any atom is -0.192 e. The molecule has 0 aromatic heterocycles. The zero-order valence-corrected chi connectivity index (χ0v) is 41.4. The standard InChI is InChI=1S/C63H57N5/c1-14-40-15-41-17-46(16-40)51(35-64)23-42-18-48(32-56(27-42)60(2,3)4)53(37-66)25-44-20-50(34-58(29-44)62(8,9)10)55(39-68)26-45-21-49(33-59(30-45)63(11,12)13)54(38-67)24-43-19-47(52(22-41)36-65)31-57(28-43)61(5,6)7/h1,15-34H,2-13H3. The molecule has 0 radical (unpaired) electrons. The van der Waals surface area contributed by atoms with E-state index in [1.165, 1.54) is 0 Å². The van der Waals surface area contributed by atoms with E-state index in [0.29, 0.717) is 66.8 Å². The summed E-state index contributed by atoms with van der Waals surface area (Å²) in [5.74, 6) is 2.74. The topological polar surface area (TPSA) is 119 Å². The van der Waals surface area contributed by atoms with Crippen LogP contribution in [0.4, 0.5) is 0 Å². The van der Waals surface area contributed by atoms with Crippen molar-refractivity contribution in [2.45, 2.75) is 105 Å². The highest BCUT2D eigenvalue weighted by Gasteiger charge is 2.22. The third-order valence-corrected chi connectivity index (χ3v) is 12.1. The lowest BCUT2D eigenvalue weighted by atomic mass is 9.82. The molecule has 0 aliphatic heterocycles. The molecule has 0 fully saturated rings. The number of hydrogen-bond acceptors (Lipinski definition) is 5. The van der Waals surface area contributed by atoms with Crippen LogP contribution in [-0.2, 0) is 21.7 Å². The minimum absolute atomic E-state index is 0.304. The first kappa shape index (κ1) is 49.2. The van der Waals surface area contributed by atoms with Crippen LogP contribution in [0, 0.1) is 69.0 Å². The van der Waals surface area contributed by atoms with Crippen molar-refractivity contribution in [3.05, 3.63) is 174 Å². The Kier molecular flexibility index (Phi) is 13.7. The summed E-state index contributed by atoms with van der Waals surface area (Å²) in [5.41, 5.74) is 12.1. The van der Waals surface area contributed by atoms with Crippen molar-refractivity contribution in [1.29, 1.82) is 26.3 Å². The first-order valence-electron chi connectivity index (χ1n) is 22.7. The fourth-order valence-electron chi connectivity index (χ4n) is 8.00. The van der Waals surface area contributed by atoms with Crippen molar-refractivity contribution < 1.29 is 0 Å². The molecule has 0 spiro atoms. The lowest BCUT2D eigenvalue weighted by molar-refractivity contribution is 0.589. The number of nitriles is 5. The van der Waals surface area contributed by atoms with Gasteiger partial charge in [-0.15, -0.1) is 6.42 Å². The summed E-state index contributed by atoms with van der Waals surface area (Å²) in [6.45, 7) is 25.4. The van der Waals surface area contributed by atoms with Crippen LogP contribution in [0.15, 0.2) is 91.0 Å². The molecule has 6 rings (SSSR count). The minimum atomic E-state index is -0.313. The maximum Gasteiger partial charge on any atom is 0.0998 e. The predicted molar refractivity (Wildman–Crippen MR) is 282 cm³/mol. The molecular formula is C63H57N5. The molecule has 68 heavy (non-hydrogen) atoms. The van der Waals surface area contributed by atoms with Crippen molar-refractivity contribution >= 4 is 58.2 Å². The summed E-state index contributed by atoms with van der Waals surface area (Å²) in [7, 11) is 0. The highest BCUT2D eigenvalue weighted by atomic mass is 14.3. The number of hydrogen-bond donors (Lipinski definition) is 0. The van der Waals surface area contributed by atoms with Gasteiger partial charge in [-0.1, -0.05) is 113 Å². The second kappa shape index (κ2) is 19.0. The van der Waals surface area contributed by atoms with E-state index in [9.17, 15) is 26.3 Å². The number of allylic oxidation sites excluding steroid dienone is 5. The second-order valence-electron chi connectivity index (χ2n) is 21.7. The average molecular weight is 884 g/mol. The Morgan fingerprint density at radius 1 is 0.294 bits per heavy atom. The first-order valence-corrected chi connectivity index (χ1v) is 22.7. The predicted octanol–water partition coefficient (Wildman–Crippen LogP) is 15.5. The quantitative estimate of drug-likeness (QED) is 0.143. The number of fused-ring (bicyclic) bond motifs is 10. The Balaban J connectivity index is 1.78. The molecule has 5 nitrogen and oxygen atoms in total. The molecule has 0 atom stereocenters. The Labute approximate surface area is 404 Å². The fraction of sp³-hybridized carbons (Fsp3) is 0.254.